The molecule has 0 saturated heterocycles. The Morgan fingerprint density at radius 2 is 2.12 bits per heavy atom. The summed E-state index contributed by atoms with van der Waals surface area (Å²) in [5.74, 6) is -0.587. The van der Waals surface area contributed by atoms with Crippen molar-refractivity contribution in [2.45, 2.75) is 19.8 Å². The average molecular weight is 215 g/mol. The first-order chi connectivity index (χ1) is 7.59. The van der Waals surface area contributed by atoms with Crippen molar-refractivity contribution in [1.82, 2.24) is 4.98 Å². The van der Waals surface area contributed by atoms with Crippen LogP contribution in [0.2, 0.25) is 0 Å². The first-order valence-electron chi connectivity index (χ1n) is 5.20. The molecule has 0 spiro atoms. The number of carbonyl (C=O) groups is 1. The summed E-state index contributed by atoms with van der Waals surface area (Å²) in [5, 5.41) is 10.8. The molecule has 0 bridgehead atoms. The molecule has 3 nitrogen and oxygen atoms in total. The van der Waals surface area contributed by atoms with Gasteiger partial charge >= 0.3 is 5.97 Å². The van der Waals surface area contributed by atoms with E-state index in [2.05, 4.69) is 4.98 Å². The van der Waals surface area contributed by atoms with E-state index in [1.54, 1.807) is 18.5 Å². The highest BCUT2D eigenvalue weighted by Gasteiger charge is 2.11. The van der Waals surface area contributed by atoms with Crippen LogP contribution in [0, 0.1) is 0 Å². The van der Waals surface area contributed by atoms with Crippen LogP contribution in [0.3, 0.4) is 0 Å². The molecule has 0 aliphatic rings. The number of hydrogen-bond acceptors (Lipinski definition) is 2. The van der Waals surface area contributed by atoms with Gasteiger partial charge in [-0.25, -0.2) is 4.79 Å². The molecule has 0 radical (unpaired) electrons. The fourth-order valence-corrected chi connectivity index (χ4v) is 1.73. The van der Waals surface area contributed by atoms with Gasteiger partial charge in [0.05, 0.1) is 5.56 Å². The lowest BCUT2D eigenvalue weighted by Crippen LogP contribution is -2.00. The van der Waals surface area contributed by atoms with Crippen LogP contribution in [0.15, 0.2) is 30.6 Å². The Morgan fingerprint density at radius 1 is 1.38 bits per heavy atom. The molecule has 0 unspecified atom stereocenters. The Hall–Kier alpha value is -1.90. The lowest BCUT2D eigenvalue weighted by molar-refractivity contribution is 0.0699. The molecule has 3 heteroatoms. The van der Waals surface area contributed by atoms with Gasteiger partial charge in [0, 0.05) is 17.8 Å². The summed E-state index contributed by atoms with van der Waals surface area (Å²) < 4.78 is 0. The Labute approximate surface area is 93.7 Å². The quantitative estimate of drug-likeness (QED) is 0.837. The van der Waals surface area contributed by atoms with E-state index >= 15 is 0 Å². The Morgan fingerprint density at radius 3 is 2.75 bits per heavy atom. The second-order valence-electron chi connectivity index (χ2n) is 4.13. The van der Waals surface area contributed by atoms with Crippen molar-refractivity contribution >= 4 is 16.7 Å². The highest BCUT2D eigenvalue weighted by atomic mass is 16.4. The van der Waals surface area contributed by atoms with Gasteiger partial charge in [-0.3, -0.25) is 4.98 Å². The molecule has 0 atom stereocenters. The maximum Gasteiger partial charge on any atom is 0.336 e. The molecule has 0 amide bonds. The van der Waals surface area contributed by atoms with Crippen LogP contribution < -0.4 is 0 Å². The maximum absolute atomic E-state index is 11.2. The molecular formula is C13H13NO2. The molecule has 2 aromatic rings. The van der Waals surface area contributed by atoms with Gasteiger partial charge in [-0.2, -0.15) is 0 Å². The van der Waals surface area contributed by atoms with Gasteiger partial charge in [0.25, 0.3) is 0 Å². The highest BCUT2D eigenvalue weighted by molar-refractivity contribution is 6.03. The van der Waals surface area contributed by atoms with E-state index in [4.69, 9.17) is 5.11 Å². The van der Waals surface area contributed by atoms with Crippen molar-refractivity contribution < 1.29 is 9.90 Å². The third-order valence-electron chi connectivity index (χ3n) is 2.68. The highest BCUT2D eigenvalue weighted by Crippen LogP contribution is 2.24. The molecule has 82 valence electrons. The van der Waals surface area contributed by atoms with Crippen molar-refractivity contribution in [3.05, 3.63) is 41.7 Å². The topological polar surface area (TPSA) is 50.2 Å². The number of fused-ring (bicyclic) bond motifs is 1. The van der Waals surface area contributed by atoms with E-state index in [9.17, 15) is 4.79 Å². The molecule has 1 N–H and O–H groups in total. The second-order valence-corrected chi connectivity index (χ2v) is 4.13. The number of benzene rings is 1. The predicted octanol–water partition coefficient (Wildman–Crippen LogP) is 3.06. The zero-order valence-electron chi connectivity index (χ0n) is 9.27. The first kappa shape index (κ1) is 10.6. The van der Waals surface area contributed by atoms with Crippen molar-refractivity contribution in [1.29, 1.82) is 0 Å². The SMILES string of the molecule is CC(C)c1cc(C(=O)O)c2cnccc2c1. The number of aromatic nitrogens is 1. The van der Waals surface area contributed by atoms with Crippen LogP contribution in [0.4, 0.5) is 0 Å². The Kier molecular flexibility index (Phi) is 2.60. The number of nitrogens with zero attached hydrogens (tertiary/aromatic N) is 1. The minimum atomic E-state index is -0.902. The minimum absolute atomic E-state index is 0.315. The molecule has 0 aliphatic heterocycles. The minimum Gasteiger partial charge on any atom is -0.478 e. The fraction of sp³-hybridized carbons (Fsp3) is 0.231. The smallest absolute Gasteiger partial charge is 0.336 e. The standard InChI is InChI=1S/C13H13NO2/c1-8(2)10-5-9-3-4-14-7-12(9)11(6-10)13(15)16/h3-8H,1-2H3,(H,15,16). The second kappa shape index (κ2) is 3.93. The van der Waals surface area contributed by atoms with E-state index in [-0.39, 0.29) is 0 Å². The lowest BCUT2D eigenvalue weighted by Gasteiger charge is -2.09. The van der Waals surface area contributed by atoms with Crippen molar-refractivity contribution in [3.8, 4) is 0 Å². The van der Waals surface area contributed by atoms with Gasteiger partial charge in [0.2, 0.25) is 0 Å². The third-order valence-corrected chi connectivity index (χ3v) is 2.68. The van der Waals surface area contributed by atoms with Crippen LogP contribution in [-0.2, 0) is 0 Å². The molecular weight excluding hydrogens is 202 g/mol. The number of rotatable bonds is 2. The Balaban J connectivity index is 2.79. The first-order valence-corrected chi connectivity index (χ1v) is 5.20. The largest absolute Gasteiger partial charge is 0.478 e. The van der Waals surface area contributed by atoms with Gasteiger partial charge in [0.1, 0.15) is 0 Å². The monoisotopic (exact) mass is 215 g/mol. The number of pyridine rings is 1. The van der Waals surface area contributed by atoms with Crippen LogP contribution in [0.5, 0.6) is 0 Å². The van der Waals surface area contributed by atoms with Crippen LogP contribution in [0.1, 0.15) is 35.7 Å². The van der Waals surface area contributed by atoms with E-state index in [1.807, 2.05) is 26.0 Å². The van der Waals surface area contributed by atoms with Crippen LogP contribution in [0.25, 0.3) is 10.8 Å². The summed E-state index contributed by atoms with van der Waals surface area (Å²) in [6, 6.07) is 5.60. The van der Waals surface area contributed by atoms with Gasteiger partial charge in [-0.1, -0.05) is 19.9 Å². The van der Waals surface area contributed by atoms with Crippen LogP contribution >= 0.6 is 0 Å². The molecule has 1 heterocycles. The molecule has 0 fully saturated rings. The van der Waals surface area contributed by atoms with Crippen molar-refractivity contribution in [3.63, 3.8) is 0 Å². The molecule has 0 saturated carbocycles. The summed E-state index contributed by atoms with van der Waals surface area (Å²) in [6.45, 7) is 4.10. The molecule has 1 aromatic carbocycles. The van der Waals surface area contributed by atoms with Crippen molar-refractivity contribution in [2.75, 3.05) is 0 Å². The number of hydrogen-bond donors (Lipinski definition) is 1. The third kappa shape index (κ3) is 1.76. The zero-order valence-corrected chi connectivity index (χ0v) is 9.27. The van der Waals surface area contributed by atoms with Gasteiger partial charge in [0.15, 0.2) is 0 Å². The molecule has 0 aliphatic carbocycles. The Bertz CT molecular complexity index is 547. The predicted molar refractivity (Wildman–Crippen MR) is 62.8 cm³/mol. The van der Waals surface area contributed by atoms with E-state index in [0.29, 0.717) is 16.9 Å². The average Bonchev–Trinajstić information content (AvgIpc) is 2.27. The van der Waals surface area contributed by atoms with Crippen LogP contribution in [-0.4, -0.2) is 16.1 Å². The fourth-order valence-electron chi connectivity index (χ4n) is 1.73. The lowest BCUT2D eigenvalue weighted by atomic mass is 9.96. The normalized spacial score (nSPS) is 10.9. The van der Waals surface area contributed by atoms with Gasteiger partial charge in [-0.15, -0.1) is 0 Å². The summed E-state index contributed by atoms with van der Waals surface area (Å²) in [6.07, 6.45) is 3.28. The van der Waals surface area contributed by atoms with E-state index in [0.717, 1.165) is 10.9 Å². The van der Waals surface area contributed by atoms with Gasteiger partial charge < -0.3 is 5.11 Å². The molecule has 16 heavy (non-hydrogen) atoms. The molecule has 2 rings (SSSR count). The summed E-state index contributed by atoms with van der Waals surface area (Å²) >= 11 is 0. The summed E-state index contributed by atoms with van der Waals surface area (Å²) in [5.41, 5.74) is 1.37. The number of carboxylic acid groups (broad SMARTS) is 1. The van der Waals surface area contributed by atoms with E-state index < -0.39 is 5.97 Å². The van der Waals surface area contributed by atoms with E-state index in [1.165, 1.54) is 0 Å². The van der Waals surface area contributed by atoms with Gasteiger partial charge in [-0.05, 0) is 29.0 Å². The summed E-state index contributed by atoms with van der Waals surface area (Å²) in [4.78, 5) is 15.1. The molecule has 1 aromatic heterocycles. The number of aromatic carboxylic acids is 1. The number of carboxylic acids is 1. The maximum atomic E-state index is 11.2. The zero-order chi connectivity index (χ0) is 11.7. The van der Waals surface area contributed by atoms with Crippen molar-refractivity contribution in [2.24, 2.45) is 0 Å². The summed E-state index contributed by atoms with van der Waals surface area (Å²) in [7, 11) is 0.